The van der Waals surface area contributed by atoms with Crippen LogP contribution in [0.3, 0.4) is 0 Å². The highest BCUT2D eigenvalue weighted by molar-refractivity contribution is 7.92. The van der Waals surface area contributed by atoms with Crippen LogP contribution in [0.15, 0.2) is 88.9 Å². The van der Waals surface area contributed by atoms with Crippen LogP contribution in [0.2, 0.25) is 0 Å². The maximum absolute atomic E-state index is 13.5. The molecule has 0 heterocycles. The average molecular weight is 498 g/mol. The third kappa shape index (κ3) is 4.62. The third-order valence-corrected chi connectivity index (χ3v) is 8.28. The number of nitrogens with one attached hydrogen (secondary N) is 1. The summed E-state index contributed by atoms with van der Waals surface area (Å²) in [5.41, 5.74) is 8.34. The SMILES string of the molecule is Cc1ccc(S(=O)(=O)N(CC(=O)N/N=C\c2ccc3c4c(cccc24)CC3)c2cccc(C)c2)cc1. The second-order valence-corrected chi connectivity index (χ2v) is 11.0. The minimum atomic E-state index is -3.97. The smallest absolute Gasteiger partial charge is 0.264 e. The van der Waals surface area contributed by atoms with Gasteiger partial charge in [0.25, 0.3) is 15.9 Å². The number of carbonyl (C=O) groups is 1. The fraction of sp³-hybridized carbons (Fsp3) is 0.172. The van der Waals surface area contributed by atoms with Crippen molar-refractivity contribution < 1.29 is 13.2 Å². The van der Waals surface area contributed by atoms with Crippen LogP contribution in [0.1, 0.15) is 27.8 Å². The second-order valence-electron chi connectivity index (χ2n) is 9.11. The molecule has 0 saturated heterocycles. The Labute approximate surface area is 211 Å². The summed E-state index contributed by atoms with van der Waals surface area (Å²) in [6.45, 7) is 3.37. The van der Waals surface area contributed by atoms with Crippen LogP contribution < -0.4 is 9.73 Å². The Bertz CT molecular complexity index is 1580. The quantitative estimate of drug-likeness (QED) is 0.291. The zero-order valence-electron chi connectivity index (χ0n) is 20.2. The predicted molar refractivity (Wildman–Crippen MR) is 144 cm³/mol. The van der Waals surface area contributed by atoms with Crippen LogP contribution in [-0.2, 0) is 27.7 Å². The highest BCUT2D eigenvalue weighted by Gasteiger charge is 2.27. The summed E-state index contributed by atoms with van der Waals surface area (Å²) in [6.07, 6.45) is 3.69. The van der Waals surface area contributed by atoms with Gasteiger partial charge < -0.3 is 0 Å². The highest BCUT2D eigenvalue weighted by atomic mass is 32.2. The Morgan fingerprint density at radius 1 is 0.917 bits per heavy atom. The second kappa shape index (κ2) is 9.59. The number of hydrazone groups is 1. The summed E-state index contributed by atoms with van der Waals surface area (Å²) in [5.74, 6) is -0.533. The molecular weight excluding hydrogens is 470 g/mol. The molecule has 0 bridgehead atoms. The minimum absolute atomic E-state index is 0.124. The van der Waals surface area contributed by atoms with E-state index in [-0.39, 0.29) is 4.90 Å². The first-order valence-electron chi connectivity index (χ1n) is 11.8. The third-order valence-electron chi connectivity index (χ3n) is 6.49. The van der Waals surface area contributed by atoms with E-state index in [9.17, 15) is 13.2 Å². The van der Waals surface area contributed by atoms with Crippen molar-refractivity contribution in [2.45, 2.75) is 31.6 Å². The van der Waals surface area contributed by atoms with E-state index in [1.165, 1.54) is 16.5 Å². The summed E-state index contributed by atoms with van der Waals surface area (Å²) in [5, 5.41) is 6.52. The first-order chi connectivity index (χ1) is 17.3. The fourth-order valence-corrected chi connectivity index (χ4v) is 6.07. The standard InChI is InChI=1S/C29H27N3O3S/c1-20-9-15-26(16-10-20)36(34,35)32(25-7-3-5-21(2)17-25)19-28(33)31-30-18-24-14-13-23-12-11-22-6-4-8-27(24)29(22)23/h3-10,13-18H,11-12,19H2,1-2H3,(H,31,33)/b30-18-. The van der Waals surface area contributed by atoms with Gasteiger partial charge in [-0.05, 0) is 78.4 Å². The summed E-state index contributed by atoms with van der Waals surface area (Å²) in [4.78, 5) is 13.0. The topological polar surface area (TPSA) is 78.8 Å². The van der Waals surface area contributed by atoms with Crippen LogP contribution in [0.5, 0.6) is 0 Å². The van der Waals surface area contributed by atoms with Gasteiger partial charge in [0.2, 0.25) is 0 Å². The molecule has 1 aliphatic carbocycles. The Morgan fingerprint density at radius 3 is 2.39 bits per heavy atom. The van der Waals surface area contributed by atoms with E-state index in [1.54, 1.807) is 48.7 Å². The number of sulfonamides is 1. The molecule has 0 aromatic heterocycles. The lowest BCUT2D eigenvalue weighted by atomic mass is 10.0. The molecule has 36 heavy (non-hydrogen) atoms. The Balaban J connectivity index is 1.39. The maximum atomic E-state index is 13.5. The van der Waals surface area contributed by atoms with Crippen molar-refractivity contribution in [2.75, 3.05) is 10.8 Å². The molecule has 1 N–H and O–H groups in total. The van der Waals surface area contributed by atoms with Crippen LogP contribution in [0.4, 0.5) is 5.69 Å². The normalized spacial score (nSPS) is 12.8. The van der Waals surface area contributed by atoms with Gasteiger partial charge in [0.1, 0.15) is 6.54 Å². The first kappa shape index (κ1) is 23.8. The molecule has 1 aliphatic rings. The van der Waals surface area contributed by atoms with Crippen molar-refractivity contribution in [3.8, 4) is 0 Å². The zero-order valence-corrected chi connectivity index (χ0v) is 21.0. The lowest BCUT2D eigenvalue weighted by Gasteiger charge is -2.24. The van der Waals surface area contributed by atoms with Crippen molar-refractivity contribution in [3.63, 3.8) is 0 Å². The molecule has 0 unspecified atom stereocenters. The number of rotatable bonds is 7. The predicted octanol–water partition coefficient (Wildman–Crippen LogP) is 4.90. The number of amides is 1. The molecule has 5 rings (SSSR count). The Morgan fingerprint density at radius 2 is 1.64 bits per heavy atom. The number of hydrogen-bond acceptors (Lipinski definition) is 4. The van der Waals surface area contributed by atoms with E-state index in [4.69, 9.17) is 0 Å². The van der Waals surface area contributed by atoms with Crippen molar-refractivity contribution in [2.24, 2.45) is 5.10 Å². The molecule has 1 amide bonds. The lowest BCUT2D eigenvalue weighted by Crippen LogP contribution is -2.39. The fourth-order valence-electron chi connectivity index (χ4n) is 4.66. The first-order valence-corrected chi connectivity index (χ1v) is 13.3. The number of hydrogen-bond donors (Lipinski definition) is 1. The summed E-state index contributed by atoms with van der Waals surface area (Å²) in [7, 11) is -3.97. The van der Waals surface area contributed by atoms with Gasteiger partial charge in [0.05, 0.1) is 16.8 Å². The number of benzene rings is 4. The molecule has 0 spiro atoms. The van der Waals surface area contributed by atoms with Gasteiger partial charge in [-0.25, -0.2) is 13.8 Å². The van der Waals surface area contributed by atoms with Crippen LogP contribution >= 0.6 is 0 Å². The van der Waals surface area contributed by atoms with Gasteiger partial charge in [-0.1, -0.05) is 60.2 Å². The molecule has 0 saturated carbocycles. The maximum Gasteiger partial charge on any atom is 0.264 e. The molecule has 4 aromatic rings. The monoisotopic (exact) mass is 497 g/mol. The largest absolute Gasteiger partial charge is 0.271 e. The van der Waals surface area contributed by atoms with Crippen molar-refractivity contribution in [1.29, 1.82) is 0 Å². The van der Waals surface area contributed by atoms with Gasteiger partial charge in [-0.2, -0.15) is 5.10 Å². The van der Waals surface area contributed by atoms with E-state index in [0.717, 1.165) is 39.2 Å². The Kier molecular flexibility index (Phi) is 6.33. The van der Waals surface area contributed by atoms with Gasteiger partial charge in [-0.15, -0.1) is 0 Å². The summed E-state index contributed by atoms with van der Waals surface area (Å²) in [6, 6.07) is 24.0. The van der Waals surface area contributed by atoms with E-state index in [2.05, 4.69) is 28.7 Å². The summed E-state index contributed by atoms with van der Waals surface area (Å²) >= 11 is 0. The number of aryl methyl sites for hydroxylation is 4. The van der Waals surface area contributed by atoms with Crippen LogP contribution in [0, 0.1) is 13.8 Å². The van der Waals surface area contributed by atoms with E-state index in [0.29, 0.717) is 5.69 Å². The van der Waals surface area contributed by atoms with E-state index >= 15 is 0 Å². The van der Waals surface area contributed by atoms with Gasteiger partial charge in [0.15, 0.2) is 0 Å². The van der Waals surface area contributed by atoms with Gasteiger partial charge >= 0.3 is 0 Å². The molecule has 4 aromatic carbocycles. The molecule has 6 nitrogen and oxygen atoms in total. The van der Waals surface area contributed by atoms with E-state index < -0.39 is 22.5 Å². The zero-order chi connectivity index (χ0) is 25.3. The van der Waals surface area contributed by atoms with E-state index in [1.807, 2.05) is 32.0 Å². The number of carbonyl (C=O) groups excluding carboxylic acids is 1. The molecule has 182 valence electrons. The Hall–Kier alpha value is -3.97. The van der Waals surface area contributed by atoms with Crippen molar-refractivity contribution in [1.82, 2.24) is 5.43 Å². The van der Waals surface area contributed by atoms with Crippen LogP contribution in [-0.4, -0.2) is 27.1 Å². The highest BCUT2D eigenvalue weighted by Crippen LogP contribution is 2.32. The average Bonchev–Trinajstić information content (AvgIpc) is 3.29. The number of nitrogens with zero attached hydrogens (tertiary/aromatic N) is 2. The molecular formula is C29H27N3O3S. The lowest BCUT2D eigenvalue weighted by molar-refractivity contribution is -0.119. The molecule has 0 fully saturated rings. The molecule has 7 heteroatoms. The molecule has 0 atom stereocenters. The molecule has 0 radical (unpaired) electrons. The minimum Gasteiger partial charge on any atom is -0.271 e. The molecule has 0 aliphatic heterocycles. The summed E-state index contributed by atoms with van der Waals surface area (Å²) < 4.78 is 28.1. The van der Waals surface area contributed by atoms with Crippen LogP contribution in [0.25, 0.3) is 10.8 Å². The van der Waals surface area contributed by atoms with Crippen molar-refractivity contribution >= 4 is 38.6 Å². The van der Waals surface area contributed by atoms with Gasteiger partial charge in [-0.3, -0.25) is 9.10 Å². The number of anilines is 1. The van der Waals surface area contributed by atoms with Gasteiger partial charge in [0, 0.05) is 5.56 Å². The van der Waals surface area contributed by atoms with Crippen molar-refractivity contribution in [3.05, 3.63) is 107 Å².